The molecule has 7 nitrogen and oxygen atoms in total. The van der Waals surface area contributed by atoms with Crippen molar-refractivity contribution in [3.05, 3.63) is 122 Å². The second-order valence-electron chi connectivity index (χ2n) is 9.14. The van der Waals surface area contributed by atoms with Gasteiger partial charge in [0.05, 0.1) is 30.8 Å². The van der Waals surface area contributed by atoms with Gasteiger partial charge in [-0.3, -0.25) is 13.9 Å². The Hall–Kier alpha value is -4.22. The lowest BCUT2D eigenvalue weighted by Crippen LogP contribution is -2.43. The highest BCUT2D eigenvalue weighted by Gasteiger charge is 2.35. The zero-order valence-electron chi connectivity index (χ0n) is 21.7. The Balaban J connectivity index is 1.87. The molecule has 40 heavy (non-hydrogen) atoms. The van der Waals surface area contributed by atoms with E-state index in [4.69, 9.17) is 4.84 Å². The summed E-state index contributed by atoms with van der Waals surface area (Å²) in [5.74, 6) is -1.15. The van der Waals surface area contributed by atoms with Crippen LogP contribution in [0.3, 0.4) is 0 Å². The first kappa shape index (κ1) is 28.8. The van der Waals surface area contributed by atoms with Crippen molar-refractivity contribution in [2.24, 2.45) is 0 Å². The van der Waals surface area contributed by atoms with Crippen LogP contribution in [0.4, 0.5) is 17.6 Å². The number of aromatic nitrogens is 2. The summed E-state index contributed by atoms with van der Waals surface area (Å²) in [4.78, 5) is 32.4. The summed E-state index contributed by atoms with van der Waals surface area (Å²) in [6.07, 6.45) is -4.77. The van der Waals surface area contributed by atoms with Crippen LogP contribution in [0.5, 0.6) is 5.75 Å². The molecule has 0 bridgehead atoms. The molecule has 0 amide bonds. The number of nitrogens with one attached hydrogen (secondary N) is 1. The van der Waals surface area contributed by atoms with Crippen LogP contribution in [0.25, 0.3) is 11.1 Å². The lowest BCUT2D eigenvalue weighted by molar-refractivity contribution is -0.138. The Morgan fingerprint density at radius 1 is 0.950 bits per heavy atom. The normalized spacial score (nSPS) is 12.4. The molecular formula is C29H27F4N3O4. The van der Waals surface area contributed by atoms with Crippen molar-refractivity contribution in [3.63, 3.8) is 0 Å². The van der Waals surface area contributed by atoms with E-state index in [1.165, 1.54) is 20.1 Å². The van der Waals surface area contributed by atoms with Gasteiger partial charge in [-0.25, -0.2) is 9.18 Å². The number of alkyl halides is 3. The average molecular weight is 558 g/mol. The first-order valence-corrected chi connectivity index (χ1v) is 12.3. The van der Waals surface area contributed by atoms with Crippen molar-refractivity contribution in [1.29, 1.82) is 0 Å². The molecule has 4 aromatic rings. The highest BCUT2D eigenvalue weighted by Crippen LogP contribution is 2.34. The fraction of sp³-hybridized carbons (Fsp3) is 0.241. The van der Waals surface area contributed by atoms with Crippen molar-refractivity contribution >= 4 is 0 Å². The second-order valence-corrected chi connectivity index (χ2v) is 9.14. The van der Waals surface area contributed by atoms with Crippen molar-refractivity contribution < 1.29 is 27.5 Å². The van der Waals surface area contributed by atoms with Crippen LogP contribution in [-0.2, 0) is 24.1 Å². The number of hydrogen-bond donors (Lipinski definition) is 2. The number of phenols is 1. The summed E-state index contributed by atoms with van der Waals surface area (Å²) in [6, 6.07) is 16.8. The quantitative estimate of drug-likeness (QED) is 0.219. The smallest absolute Gasteiger partial charge is 0.416 e. The van der Waals surface area contributed by atoms with Crippen LogP contribution in [0.2, 0.25) is 0 Å². The minimum Gasteiger partial charge on any atom is -0.508 e. The van der Waals surface area contributed by atoms with Crippen molar-refractivity contribution in [2.75, 3.05) is 7.11 Å². The van der Waals surface area contributed by atoms with E-state index in [-0.39, 0.29) is 30.0 Å². The molecular weight excluding hydrogens is 530 g/mol. The van der Waals surface area contributed by atoms with Gasteiger partial charge in [-0.2, -0.15) is 18.7 Å². The Bertz CT molecular complexity index is 1610. The molecule has 1 unspecified atom stereocenters. The highest BCUT2D eigenvalue weighted by molar-refractivity contribution is 5.64. The Morgan fingerprint density at radius 3 is 2.27 bits per heavy atom. The fourth-order valence-electron chi connectivity index (χ4n) is 4.72. The maximum Gasteiger partial charge on any atom is 0.416 e. The van der Waals surface area contributed by atoms with Crippen LogP contribution in [0.15, 0.2) is 82.4 Å². The van der Waals surface area contributed by atoms with Crippen LogP contribution in [0.1, 0.15) is 34.8 Å². The molecule has 2 N–H and O–H groups in total. The maximum atomic E-state index is 14.8. The monoisotopic (exact) mass is 557 g/mol. The van der Waals surface area contributed by atoms with E-state index in [1.807, 2.05) is 0 Å². The molecule has 1 atom stereocenters. The third-order valence-corrected chi connectivity index (χ3v) is 6.70. The van der Waals surface area contributed by atoms with Gasteiger partial charge in [0, 0.05) is 23.4 Å². The molecule has 210 valence electrons. The molecule has 0 spiro atoms. The number of para-hydroxylation sites is 1. The third-order valence-electron chi connectivity index (χ3n) is 6.70. The van der Waals surface area contributed by atoms with Crippen molar-refractivity contribution in [3.8, 4) is 16.9 Å². The molecule has 0 radical (unpaired) electrons. The predicted octanol–water partition coefficient (Wildman–Crippen LogP) is 5.18. The lowest BCUT2D eigenvalue weighted by Gasteiger charge is -2.22. The molecule has 0 aliphatic carbocycles. The minimum atomic E-state index is -4.86. The van der Waals surface area contributed by atoms with Gasteiger partial charge in [0.15, 0.2) is 0 Å². The number of hydrogen-bond acceptors (Lipinski definition) is 5. The summed E-state index contributed by atoms with van der Waals surface area (Å²) < 4.78 is 57.9. The lowest BCUT2D eigenvalue weighted by atomic mass is 10.0. The summed E-state index contributed by atoms with van der Waals surface area (Å²) in [7, 11) is 1.37. The Morgan fingerprint density at radius 2 is 1.62 bits per heavy atom. The maximum absolute atomic E-state index is 14.8. The first-order chi connectivity index (χ1) is 19.0. The Kier molecular flexibility index (Phi) is 8.55. The zero-order chi connectivity index (χ0) is 29.0. The highest BCUT2D eigenvalue weighted by atomic mass is 19.4. The molecule has 1 aromatic heterocycles. The van der Waals surface area contributed by atoms with E-state index >= 15 is 0 Å². The van der Waals surface area contributed by atoms with Crippen LogP contribution in [-0.4, -0.2) is 21.4 Å². The van der Waals surface area contributed by atoms with Crippen molar-refractivity contribution in [1.82, 2.24) is 14.6 Å². The number of benzene rings is 3. The summed E-state index contributed by atoms with van der Waals surface area (Å²) in [6.45, 7) is 0.517. The van der Waals surface area contributed by atoms with E-state index in [0.717, 1.165) is 27.3 Å². The van der Waals surface area contributed by atoms with Gasteiger partial charge >= 0.3 is 11.9 Å². The topological polar surface area (TPSA) is 85.5 Å². The molecule has 11 heteroatoms. The van der Waals surface area contributed by atoms with E-state index in [2.05, 4.69) is 5.48 Å². The van der Waals surface area contributed by atoms with Gasteiger partial charge in [-0.15, -0.1) is 0 Å². The molecule has 1 heterocycles. The number of aromatic hydroxyl groups is 1. The van der Waals surface area contributed by atoms with Gasteiger partial charge < -0.3 is 9.94 Å². The fourth-order valence-corrected chi connectivity index (χ4v) is 4.72. The number of phenolic OH excluding ortho intramolecular Hbond substituents is 1. The second kappa shape index (κ2) is 11.9. The van der Waals surface area contributed by atoms with E-state index in [9.17, 15) is 32.3 Å². The van der Waals surface area contributed by atoms with E-state index < -0.39 is 47.0 Å². The van der Waals surface area contributed by atoms with Crippen LogP contribution >= 0.6 is 0 Å². The Labute approximate surface area is 226 Å². The van der Waals surface area contributed by atoms with E-state index in [0.29, 0.717) is 11.1 Å². The van der Waals surface area contributed by atoms with Gasteiger partial charge in [0.2, 0.25) is 0 Å². The van der Waals surface area contributed by atoms with Gasteiger partial charge in [-0.05, 0) is 37.1 Å². The average Bonchev–Trinajstić information content (AvgIpc) is 2.91. The van der Waals surface area contributed by atoms with Crippen LogP contribution in [0, 0.1) is 12.7 Å². The summed E-state index contributed by atoms with van der Waals surface area (Å²) in [5.41, 5.74) is 0.371. The first-order valence-electron chi connectivity index (χ1n) is 12.3. The molecule has 4 rings (SSSR count). The largest absolute Gasteiger partial charge is 0.508 e. The molecule has 0 aliphatic rings. The number of rotatable bonds is 9. The number of hydroxylamine groups is 1. The van der Waals surface area contributed by atoms with Crippen molar-refractivity contribution in [2.45, 2.75) is 38.7 Å². The number of halogens is 4. The predicted molar refractivity (Wildman–Crippen MR) is 141 cm³/mol. The van der Waals surface area contributed by atoms with Gasteiger partial charge in [0.25, 0.3) is 5.56 Å². The molecule has 3 aromatic carbocycles. The molecule has 0 saturated heterocycles. The standard InChI is InChI=1S/C29H27F4N3O4/c1-18-26(19-9-4-3-5-10-19)27(38)35(16-15-24(34-40-2)20-11-6-7-14-25(20)37)28(39)36(18)17-21-22(29(31,32)33)12-8-13-23(21)30/h3-14,24,34,37H,15-17H2,1-2H3. The SMILES string of the molecule is CONC(CCn1c(=O)c(-c2ccccc2)c(C)n(Cc2c(F)cccc2C(F)(F)F)c1=O)c1ccccc1O. The van der Waals surface area contributed by atoms with E-state index in [1.54, 1.807) is 48.5 Å². The molecule has 0 saturated carbocycles. The molecule has 0 aliphatic heterocycles. The molecule has 0 fully saturated rings. The number of nitrogens with zero attached hydrogens (tertiary/aromatic N) is 2. The third kappa shape index (κ3) is 5.85. The zero-order valence-corrected chi connectivity index (χ0v) is 21.7. The van der Waals surface area contributed by atoms with Gasteiger partial charge in [-0.1, -0.05) is 54.6 Å². The van der Waals surface area contributed by atoms with Gasteiger partial charge in [0.1, 0.15) is 11.6 Å². The summed E-state index contributed by atoms with van der Waals surface area (Å²) in [5, 5.41) is 10.3. The summed E-state index contributed by atoms with van der Waals surface area (Å²) >= 11 is 0. The minimum absolute atomic E-state index is 0.0325. The van der Waals surface area contributed by atoms with Crippen LogP contribution < -0.4 is 16.7 Å².